The minimum absolute atomic E-state index is 0.0225. The zero-order valence-corrected chi connectivity index (χ0v) is 14.8. The molecule has 1 heterocycles. The SMILES string of the molecule is Cc1ccc(C(=O)NCC(=O)OCC(=O)N2CCOC(C)C2)cc1C. The molecular weight excluding hydrogens is 324 g/mol. The molecule has 136 valence electrons. The van der Waals surface area contributed by atoms with E-state index in [1.54, 1.807) is 17.0 Å². The molecular formula is C18H24N2O5. The lowest BCUT2D eigenvalue weighted by molar-refractivity contribution is -0.154. The van der Waals surface area contributed by atoms with Crippen LogP contribution in [0.2, 0.25) is 0 Å². The third kappa shape index (κ3) is 5.56. The minimum atomic E-state index is -0.646. The first-order valence-electron chi connectivity index (χ1n) is 8.27. The fourth-order valence-corrected chi connectivity index (χ4v) is 2.47. The molecule has 0 bridgehead atoms. The van der Waals surface area contributed by atoms with E-state index in [2.05, 4.69) is 5.32 Å². The largest absolute Gasteiger partial charge is 0.454 e. The molecule has 0 spiro atoms. The van der Waals surface area contributed by atoms with Crippen molar-refractivity contribution in [2.24, 2.45) is 0 Å². The van der Waals surface area contributed by atoms with E-state index in [4.69, 9.17) is 9.47 Å². The number of nitrogens with zero attached hydrogens (tertiary/aromatic N) is 1. The topological polar surface area (TPSA) is 84.9 Å². The van der Waals surface area contributed by atoms with Crippen LogP contribution in [0, 0.1) is 13.8 Å². The van der Waals surface area contributed by atoms with Crippen molar-refractivity contribution >= 4 is 17.8 Å². The summed E-state index contributed by atoms with van der Waals surface area (Å²) >= 11 is 0. The number of benzene rings is 1. The van der Waals surface area contributed by atoms with Gasteiger partial charge in [0.25, 0.3) is 11.8 Å². The highest BCUT2D eigenvalue weighted by molar-refractivity contribution is 5.96. The van der Waals surface area contributed by atoms with Gasteiger partial charge in [0.2, 0.25) is 0 Å². The van der Waals surface area contributed by atoms with Crippen molar-refractivity contribution in [1.82, 2.24) is 10.2 Å². The van der Waals surface area contributed by atoms with Crippen molar-refractivity contribution in [3.05, 3.63) is 34.9 Å². The van der Waals surface area contributed by atoms with Crippen molar-refractivity contribution in [3.63, 3.8) is 0 Å². The van der Waals surface area contributed by atoms with E-state index in [1.165, 1.54) is 0 Å². The van der Waals surface area contributed by atoms with Crippen molar-refractivity contribution < 1.29 is 23.9 Å². The summed E-state index contributed by atoms with van der Waals surface area (Å²) in [6.45, 7) is 6.60. The monoisotopic (exact) mass is 348 g/mol. The number of ether oxygens (including phenoxy) is 2. The second-order valence-corrected chi connectivity index (χ2v) is 6.16. The number of morpholine rings is 1. The fourth-order valence-electron chi connectivity index (χ4n) is 2.47. The first kappa shape index (κ1) is 18.9. The van der Waals surface area contributed by atoms with Gasteiger partial charge in [0.05, 0.1) is 12.7 Å². The van der Waals surface area contributed by atoms with Crippen molar-refractivity contribution in [2.75, 3.05) is 32.8 Å². The second-order valence-electron chi connectivity index (χ2n) is 6.16. The summed E-state index contributed by atoms with van der Waals surface area (Å²) in [6, 6.07) is 5.32. The van der Waals surface area contributed by atoms with Crippen LogP contribution in [0.1, 0.15) is 28.4 Å². The average Bonchev–Trinajstić information content (AvgIpc) is 2.59. The van der Waals surface area contributed by atoms with Crippen molar-refractivity contribution in [2.45, 2.75) is 26.9 Å². The quantitative estimate of drug-likeness (QED) is 0.797. The fraction of sp³-hybridized carbons (Fsp3) is 0.500. The molecule has 1 aromatic carbocycles. The Morgan fingerprint density at radius 2 is 2.04 bits per heavy atom. The molecule has 1 unspecified atom stereocenters. The van der Waals surface area contributed by atoms with Crippen LogP contribution < -0.4 is 5.32 Å². The molecule has 2 rings (SSSR count). The van der Waals surface area contributed by atoms with Gasteiger partial charge in [0.15, 0.2) is 6.61 Å². The van der Waals surface area contributed by atoms with Crippen LogP contribution >= 0.6 is 0 Å². The Kier molecular flexibility index (Phi) is 6.52. The molecule has 1 saturated heterocycles. The van der Waals surface area contributed by atoms with E-state index in [9.17, 15) is 14.4 Å². The Morgan fingerprint density at radius 1 is 1.28 bits per heavy atom. The molecule has 1 aromatic rings. The maximum absolute atomic E-state index is 12.0. The predicted octanol–water partition coefficient (Wildman–Crippen LogP) is 0.824. The summed E-state index contributed by atoms with van der Waals surface area (Å²) in [5, 5.41) is 2.50. The first-order chi connectivity index (χ1) is 11.9. The number of amides is 2. The smallest absolute Gasteiger partial charge is 0.325 e. The summed E-state index contributed by atoms with van der Waals surface area (Å²) in [5.41, 5.74) is 2.57. The van der Waals surface area contributed by atoms with Crippen LogP contribution in [-0.4, -0.2) is 61.6 Å². The van der Waals surface area contributed by atoms with E-state index in [-0.39, 0.29) is 31.1 Å². The number of hydrogen-bond donors (Lipinski definition) is 1. The van der Waals surface area contributed by atoms with Crippen LogP contribution in [0.5, 0.6) is 0 Å². The highest BCUT2D eigenvalue weighted by atomic mass is 16.5. The van der Waals surface area contributed by atoms with Crippen LogP contribution in [-0.2, 0) is 19.1 Å². The van der Waals surface area contributed by atoms with Gasteiger partial charge in [-0.2, -0.15) is 0 Å². The lowest BCUT2D eigenvalue weighted by atomic mass is 10.1. The molecule has 25 heavy (non-hydrogen) atoms. The van der Waals surface area contributed by atoms with Crippen LogP contribution in [0.3, 0.4) is 0 Å². The highest BCUT2D eigenvalue weighted by Crippen LogP contribution is 2.09. The molecule has 0 saturated carbocycles. The molecule has 1 N–H and O–H groups in total. The second kappa shape index (κ2) is 8.62. The first-order valence-corrected chi connectivity index (χ1v) is 8.27. The summed E-state index contributed by atoms with van der Waals surface area (Å²) in [5.74, 6) is -1.26. The number of aryl methyl sites for hydroxylation is 2. The third-order valence-corrected chi connectivity index (χ3v) is 4.11. The standard InChI is InChI=1S/C18H24N2O5/c1-12-4-5-15(8-13(12)2)18(23)19-9-17(22)25-11-16(21)20-6-7-24-14(3)10-20/h4-5,8,14H,6-7,9-11H2,1-3H3,(H,19,23). The van der Waals surface area contributed by atoms with Crippen molar-refractivity contribution in [1.29, 1.82) is 0 Å². The van der Waals surface area contributed by atoms with Gasteiger partial charge in [0, 0.05) is 18.7 Å². The maximum atomic E-state index is 12.0. The Balaban J connectivity index is 1.73. The Labute approximate surface area is 147 Å². The zero-order valence-electron chi connectivity index (χ0n) is 14.8. The normalized spacial score (nSPS) is 17.1. The van der Waals surface area contributed by atoms with Gasteiger partial charge in [-0.1, -0.05) is 6.07 Å². The van der Waals surface area contributed by atoms with E-state index < -0.39 is 5.97 Å². The average molecular weight is 348 g/mol. The van der Waals surface area contributed by atoms with Crippen molar-refractivity contribution in [3.8, 4) is 0 Å². The summed E-state index contributed by atoms with van der Waals surface area (Å²) < 4.78 is 10.3. The Morgan fingerprint density at radius 3 is 2.72 bits per heavy atom. The number of nitrogens with one attached hydrogen (secondary N) is 1. The number of carbonyl (C=O) groups excluding carboxylic acids is 3. The van der Waals surface area contributed by atoms with Gasteiger partial charge in [-0.05, 0) is 44.0 Å². The molecule has 1 aliphatic heterocycles. The molecule has 0 aliphatic carbocycles. The molecule has 1 aliphatic rings. The molecule has 1 atom stereocenters. The van der Waals surface area contributed by atoms with Crippen LogP contribution in [0.25, 0.3) is 0 Å². The van der Waals surface area contributed by atoms with Gasteiger partial charge in [-0.15, -0.1) is 0 Å². The third-order valence-electron chi connectivity index (χ3n) is 4.11. The van der Waals surface area contributed by atoms with Gasteiger partial charge in [-0.25, -0.2) is 0 Å². The van der Waals surface area contributed by atoms with E-state index >= 15 is 0 Å². The molecule has 2 amide bonds. The summed E-state index contributed by atoms with van der Waals surface area (Å²) in [7, 11) is 0. The molecule has 0 aromatic heterocycles. The molecule has 1 fully saturated rings. The molecule has 7 nitrogen and oxygen atoms in total. The zero-order chi connectivity index (χ0) is 18.4. The predicted molar refractivity (Wildman–Crippen MR) is 91.2 cm³/mol. The Bertz CT molecular complexity index is 659. The van der Waals surface area contributed by atoms with E-state index in [0.29, 0.717) is 25.3 Å². The number of esters is 1. The summed E-state index contributed by atoms with van der Waals surface area (Å²) in [4.78, 5) is 37.3. The van der Waals surface area contributed by atoms with E-state index in [0.717, 1.165) is 11.1 Å². The lowest BCUT2D eigenvalue weighted by Gasteiger charge is -2.30. The van der Waals surface area contributed by atoms with E-state index in [1.807, 2.05) is 26.8 Å². The Hall–Kier alpha value is -2.41. The molecule has 0 radical (unpaired) electrons. The lowest BCUT2D eigenvalue weighted by Crippen LogP contribution is -2.46. The summed E-state index contributed by atoms with van der Waals surface area (Å²) in [6.07, 6.45) is -0.0225. The number of rotatable bonds is 5. The number of carbonyl (C=O) groups is 3. The minimum Gasteiger partial charge on any atom is -0.454 e. The number of hydrogen-bond acceptors (Lipinski definition) is 5. The van der Waals surface area contributed by atoms with Gasteiger partial charge in [0.1, 0.15) is 6.54 Å². The van der Waals surface area contributed by atoms with Crippen LogP contribution in [0.4, 0.5) is 0 Å². The maximum Gasteiger partial charge on any atom is 0.325 e. The van der Waals surface area contributed by atoms with Crippen LogP contribution in [0.15, 0.2) is 18.2 Å². The highest BCUT2D eigenvalue weighted by Gasteiger charge is 2.22. The van der Waals surface area contributed by atoms with Gasteiger partial charge in [-0.3, -0.25) is 14.4 Å². The molecule has 7 heteroatoms. The van der Waals surface area contributed by atoms with Gasteiger partial charge < -0.3 is 19.7 Å². The van der Waals surface area contributed by atoms with Gasteiger partial charge >= 0.3 is 5.97 Å².